The first-order valence-electron chi connectivity index (χ1n) is 9.90. The Hall–Kier alpha value is -3.65. The second kappa shape index (κ2) is 9.07. The molecular formula is C25H19BrFNO5. The fourth-order valence-corrected chi connectivity index (χ4v) is 4.31. The Labute approximate surface area is 198 Å². The van der Waals surface area contributed by atoms with Gasteiger partial charge in [-0.3, -0.25) is 14.5 Å². The van der Waals surface area contributed by atoms with Gasteiger partial charge >= 0.3 is 0 Å². The van der Waals surface area contributed by atoms with E-state index in [9.17, 15) is 19.1 Å². The molecule has 0 aromatic heterocycles. The van der Waals surface area contributed by atoms with Gasteiger partial charge in [0.1, 0.15) is 23.1 Å². The summed E-state index contributed by atoms with van der Waals surface area (Å²) in [6.07, 6.45) is 0. The first-order valence-corrected chi connectivity index (χ1v) is 10.7. The average Bonchev–Trinajstić information content (AvgIpc) is 3.09. The highest BCUT2D eigenvalue weighted by Crippen LogP contribution is 2.43. The number of Topliss-reactive ketones (excluding diaryl/α,β-unsaturated/α-hetero) is 1. The van der Waals surface area contributed by atoms with E-state index in [0.29, 0.717) is 32.8 Å². The standard InChI is InChI=1S/C25H19BrFNO5/c1-32-18-10-3-14(4-11-18)22-21(23(29)15-5-12-20(33-2)19(26)13-15)24(30)25(31)28(22)17-8-6-16(27)7-9-17/h3-13,22,29H,1-2H3/b23-21-. The van der Waals surface area contributed by atoms with Crippen molar-refractivity contribution in [3.63, 3.8) is 0 Å². The number of carbonyl (C=O) groups excluding carboxylic acids is 2. The molecule has 8 heteroatoms. The number of methoxy groups -OCH3 is 2. The zero-order valence-corrected chi connectivity index (χ0v) is 19.3. The molecule has 168 valence electrons. The Morgan fingerprint density at radius 3 is 2.21 bits per heavy atom. The molecule has 6 nitrogen and oxygen atoms in total. The Morgan fingerprint density at radius 1 is 0.970 bits per heavy atom. The third kappa shape index (κ3) is 4.09. The zero-order valence-electron chi connectivity index (χ0n) is 17.7. The molecular weight excluding hydrogens is 493 g/mol. The number of aliphatic hydroxyl groups excluding tert-OH is 1. The van der Waals surface area contributed by atoms with Crippen LogP contribution in [-0.2, 0) is 9.59 Å². The van der Waals surface area contributed by atoms with E-state index in [1.165, 1.54) is 43.4 Å². The third-order valence-electron chi connectivity index (χ3n) is 5.41. The van der Waals surface area contributed by atoms with Crippen LogP contribution in [-0.4, -0.2) is 31.0 Å². The quantitative estimate of drug-likeness (QED) is 0.288. The number of carbonyl (C=O) groups is 2. The fraction of sp³-hybridized carbons (Fsp3) is 0.120. The SMILES string of the molecule is COc1ccc(C2/C(=C(/O)c3ccc(OC)c(Br)c3)C(=O)C(=O)N2c2ccc(F)cc2)cc1. The molecule has 0 radical (unpaired) electrons. The molecule has 3 aromatic carbocycles. The van der Waals surface area contributed by atoms with Crippen molar-refractivity contribution in [1.82, 2.24) is 0 Å². The van der Waals surface area contributed by atoms with E-state index >= 15 is 0 Å². The number of anilines is 1. The number of hydrogen-bond acceptors (Lipinski definition) is 5. The molecule has 0 spiro atoms. The predicted molar refractivity (Wildman–Crippen MR) is 125 cm³/mol. The number of aliphatic hydroxyl groups is 1. The molecule has 1 N–H and O–H groups in total. The van der Waals surface area contributed by atoms with Gasteiger partial charge in [-0.15, -0.1) is 0 Å². The zero-order chi connectivity index (χ0) is 23.7. The lowest BCUT2D eigenvalue weighted by molar-refractivity contribution is -0.132. The summed E-state index contributed by atoms with van der Waals surface area (Å²) in [5.74, 6) is -1.33. The minimum absolute atomic E-state index is 0.0773. The van der Waals surface area contributed by atoms with Crippen LogP contribution in [0.3, 0.4) is 0 Å². The molecule has 1 amide bonds. The van der Waals surface area contributed by atoms with Crippen LogP contribution >= 0.6 is 15.9 Å². The van der Waals surface area contributed by atoms with Crippen molar-refractivity contribution in [2.24, 2.45) is 0 Å². The molecule has 1 aliphatic rings. The van der Waals surface area contributed by atoms with E-state index in [2.05, 4.69) is 15.9 Å². The van der Waals surface area contributed by atoms with Crippen molar-refractivity contribution >= 4 is 39.1 Å². The van der Waals surface area contributed by atoms with E-state index in [1.54, 1.807) is 42.5 Å². The van der Waals surface area contributed by atoms with Crippen LogP contribution < -0.4 is 14.4 Å². The Morgan fingerprint density at radius 2 is 1.64 bits per heavy atom. The van der Waals surface area contributed by atoms with Crippen LogP contribution in [0.2, 0.25) is 0 Å². The smallest absolute Gasteiger partial charge is 0.300 e. The van der Waals surface area contributed by atoms with E-state index in [4.69, 9.17) is 9.47 Å². The second-order valence-electron chi connectivity index (χ2n) is 7.27. The summed E-state index contributed by atoms with van der Waals surface area (Å²) in [6.45, 7) is 0. The van der Waals surface area contributed by atoms with Crippen molar-refractivity contribution in [1.29, 1.82) is 0 Å². The molecule has 33 heavy (non-hydrogen) atoms. The van der Waals surface area contributed by atoms with Crippen LogP contribution in [0, 0.1) is 5.82 Å². The maximum Gasteiger partial charge on any atom is 0.300 e. The van der Waals surface area contributed by atoms with E-state index in [1.807, 2.05) is 0 Å². The molecule has 1 aliphatic heterocycles. The number of nitrogens with zero attached hydrogens (tertiary/aromatic N) is 1. The number of benzene rings is 3. The van der Waals surface area contributed by atoms with Gasteiger partial charge in [0.2, 0.25) is 0 Å². The van der Waals surface area contributed by atoms with Gasteiger partial charge in [-0.1, -0.05) is 12.1 Å². The highest BCUT2D eigenvalue weighted by Gasteiger charge is 2.47. The number of hydrogen-bond donors (Lipinski definition) is 1. The van der Waals surface area contributed by atoms with Gasteiger partial charge in [0.05, 0.1) is 30.3 Å². The van der Waals surface area contributed by atoms with Crippen molar-refractivity contribution in [3.05, 3.63) is 93.7 Å². The van der Waals surface area contributed by atoms with Gasteiger partial charge in [-0.2, -0.15) is 0 Å². The summed E-state index contributed by atoms with van der Waals surface area (Å²) in [7, 11) is 3.04. The van der Waals surface area contributed by atoms with Crippen LogP contribution in [0.4, 0.5) is 10.1 Å². The van der Waals surface area contributed by atoms with Gasteiger partial charge < -0.3 is 14.6 Å². The summed E-state index contributed by atoms with van der Waals surface area (Å²) in [6, 6.07) is 16.0. The van der Waals surface area contributed by atoms with Gasteiger partial charge in [0, 0.05) is 11.3 Å². The number of amides is 1. The molecule has 4 rings (SSSR count). The molecule has 1 atom stereocenters. The second-order valence-corrected chi connectivity index (χ2v) is 8.12. The molecule has 1 heterocycles. The van der Waals surface area contributed by atoms with E-state index < -0.39 is 23.5 Å². The average molecular weight is 512 g/mol. The van der Waals surface area contributed by atoms with E-state index in [-0.39, 0.29) is 11.3 Å². The molecule has 1 fully saturated rings. The minimum atomic E-state index is -0.928. The van der Waals surface area contributed by atoms with Gasteiger partial charge in [0.15, 0.2) is 0 Å². The normalized spacial score (nSPS) is 17.3. The highest BCUT2D eigenvalue weighted by atomic mass is 79.9. The van der Waals surface area contributed by atoms with Crippen LogP contribution in [0.5, 0.6) is 11.5 Å². The lowest BCUT2D eigenvalue weighted by Gasteiger charge is -2.25. The number of ether oxygens (including phenoxy) is 2. The molecule has 0 aliphatic carbocycles. The number of rotatable bonds is 5. The number of halogens is 2. The van der Waals surface area contributed by atoms with Crippen LogP contribution in [0.25, 0.3) is 5.76 Å². The summed E-state index contributed by atoms with van der Waals surface area (Å²) in [5, 5.41) is 11.2. The highest BCUT2D eigenvalue weighted by molar-refractivity contribution is 9.10. The van der Waals surface area contributed by atoms with Gasteiger partial charge in [-0.25, -0.2) is 4.39 Å². The maximum atomic E-state index is 13.5. The third-order valence-corrected chi connectivity index (χ3v) is 6.03. The Balaban J connectivity index is 1.92. The lowest BCUT2D eigenvalue weighted by atomic mass is 9.95. The predicted octanol–water partition coefficient (Wildman–Crippen LogP) is 5.23. The summed E-state index contributed by atoms with van der Waals surface area (Å²) in [4.78, 5) is 27.5. The summed E-state index contributed by atoms with van der Waals surface area (Å²) >= 11 is 3.37. The van der Waals surface area contributed by atoms with Crippen molar-refractivity contribution in [2.75, 3.05) is 19.1 Å². The monoisotopic (exact) mass is 511 g/mol. The number of ketones is 1. The topological polar surface area (TPSA) is 76.1 Å². The molecule has 0 saturated carbocycles. The maximum absolute atomic E-state index is 13.5. The van der Waals surface area contributed by atoms with Crippen LogP contribution in [0.1, 0.15) is 17.2 Å². The van der Waals surface area contributed by atoms with Gasteiger partial charge in [0.25, 0.3) is 11.7 Å². The minimum Gasteiger partial charge on any atom is -0.507 e. The van der Waals surface area contributed by atoms with Crippen LogP contribution in [0.15, 0.2) is 76.8 Å². The Bertz CT molecular complexity index is 1250. The van der Waals surface area contributed by atoms with Crippen molar-refractivity contribution in [3.8, 4) is 11.5 Å². The summed E-state index contributed by atoms with van der Waals surface area (Å²) in [5.41, 5.74) is 1.16. The molecule has 3 aromatic rings. The summed E-state index contributed by atoms with van der Waals surface area (Å²) < 4.78 is 24.5. The molecule has 1 unspecified atom stereocenters. The lowest BCUT2D eigenvalue weighted by Crippen LogP contribution is -2.29. The van der Waals surface area contributed by atoms with E-state index in [0.717, 1.165) is 0 Å². The first-order chi connectivity index (χ1) is 15.8. The first kappa shape index (κ1) is 22.5. The van der Waals surface area contributed by atoms with Crippen molar-refractivity contribution < 1.29 is 28.6 Å². The largest absolute Gasteiger partial charge is 0.507 e. The molecule has 1 saturated heterocycles. The molecule has 0 bridgehead atoms. The fourth-order valence-electron chi connectivity index (χ4n) is 3.77. The van der Waals surface area contributed by atoms with Crippen molar-refractivity contribution in [2.45, 2.75) is 6.04 Å². The Kier molecular flexibility index (Phi) is 6.20. The van der Waals surface area contributed by atoms with Gasteiger partial charge in [-0.05, 0) is 76.1 Å².